The van der Waals surface area contributed by atoms with Crippen molar-refractivity contribution < 1.29 is 14.7 Å². The molecule has 0 amide bonds. The van der Waals surface area contributed by atoms with Gasteiger partial charge in [0, 0.05) is 23.0 Å². The predicted octanol–water partition coefficient (Wildman–Crippen LogP) is 13.1. The summed E-state index contributed by atoms with van der Waals surface area (Å²) in [5.74, 6) is 1.71. The lowest BCUT2D eigenvalue weighted by Gasteiger charge is -2.28. The molecule has 0 atom stereocenters. The molecule has 0 bridgehead atoms. The normalized spacial score (nSPS) is 12.7. The number of hydrogen-bond donors (Lipinski definition) is 1. The Kier molecular flexibility index (Phi) is 9.85. The first-order valence-electron chi connectivity index (χ1n) is 21.0. The minimum absolute atomic E-state index is 0.0377. The number of aromatic hydroxyl groups is 1. The van der Waals surface area contributed by atoms with Crippen LogP contribution in [0.15, 0.2) is 128 Å². The van der Waals surface area contributed by atoms with Crippen molar-refractivity contribution in [2.24, 2.45) is 0 Å². The Labute approximate surface area is 355 Å². The van der Waals surface area contributed by atoms with Gasteiger partial charge in [-0.25, -0.2) is 4.98 Å². The van der Waals surface area contributed by atoms with Crippen LogP contribution in [0.25, 0.3) is 55.7 Å². The molecule has 3 heterocycles. The van der Waals surface area contributed by atoms with Gasteiger partial charge in [0.2, 0.25) is 0 Å². The monoisotopic (exact) mass is 794 g/mol. The van der Waals surface area contributed by atoms with Gasteiger partial charge in [-0.2, -0.15) is 0 Å². The van der Waals surface area contributed by atoms with Crippen LogP contribution in [-0.4, -0.2) is 19.2 Å². The van der Waals surface area contributed by atoms with Crippen molar-refractivity contribution in [3.8, 4) is 45.4 Å². The number of hydrogen-bond acceptors (Lipinski definition) is 3. The number of phenolic OH excluding ortho intramolecular Hbond substituents is 1. The van der Waals surface area contributed by atoms with Gasteiger partial charge < -0.3 is 14.5 Å². The Morgan fingerprint density at radius 1 is 0.583 bits per heavy atom. The number of nitrogens with zero attached hydrogens (tertiary/aromatic N) is 4. The molecule has 0 fully saturated rings. The zero-order valence-electron chi connectivity index (χ0n) is 37.3. The molecule has 0 aliphatic heterocycles. The average Bonchev–Trinajstić information content (AvgIpc) is 3.75. The van der Waals surface area contributed by atoms with E-state index in [0.717, 1.165) is 61.1 Å². The first-order chi connectivity index (χ1) is 28.2. The second-order valence-corrected chi connectivity index (χ2v) is 20.3. The van der Waals surface area contributed by atoms with E-state index in [1.165, 1.54) is 11.1 Å². The maximum Gasteiger partial charge on any atom is 0.286 e. The smallest absolute Gasteiger partial charge is 0.286 e. The summed E-state index contributed by atoms with van der Waals surface area (Å²) >= 11 is 0. The standard InChI is InChI=1S/C54H58N4O2/c1-51(2,3)36-22-24-42(43(28-36)35-18-14-13-15-19-35)48-33-56(34-57(48)47-30-38(53(7,8)9)29-44(50(47)59)54(10,11)12)60-39-23-25-41-40-20-16-17-21-45(40)58(46(41)32-39)49-31-37(26-27-55-49)52(4,5)6/h13-33,59H,1-12H3. The molecule has 0 unspecified atom stereocenters. The summed E-state index contributed by atoms with van der Waals surface area (Å²) in [6, 6.07) is 40.5. The van der Waals surface area contributed by atoms with E-state index in [0.29, 0.717) is 11.4 Å². The van der Waals surface area contributed by atoms with E-state index in [4.69, 9.17) is 9.82 Å². The van der Waals surface area contributed by atoms with Crippen molar-refractivity contribution >= 4 is 21.8 Å². The molecule has 8 rings (SSSR count). The first kappa shape index (κ1) is 40.6. The lowest BCUT2D eigenvalue weighted by Crippen LogP contribution is -2.37. The minimum atomic E-state index is -0.321. The fourth-order valence-electron chi connectivity index (χ4n) is 8.03. The summed E-state index contributed by atoms with van der Waals surface area (Å²) in [4.78, 5) is 11.7. The van der Waals surface area contributed by atoms with Gasteiger partial charge in [-0.3, -0.25) is 4.57 Å². The van der Waals surface area contributed by atoms with Crippen LogP contribution in [0.4, 0.5) is 0 Å². The van der Waals surface area contributed by atoms with Gasteiger partial charge in [0.25, 0.3) is 6.33 Å². The number of aromatic nitrogens is 4. The molecule has 8 aromatic rings. The summed E-state index contributed by atoms with van der Waals surface area (Å²) < 4.78 is 5.84. The number of rotatable bonds is 6. The number of benzene rings is 5. The summed E-state index contributed by atoms with van der Waals surface area (Å²) in [7, 11) is 0. The van der Waals surface area contributed by atoms with Crippen molar-refractivity contribution in [3.63, 3.8) is 0 Å². The molecule has 1 N–H and O–H groups in total. The molecule has 5 aromatic carbocycles. The van der Waals surface area contributed by atoms with Crippen LogP contribution in [-0.2, 0) is 21.7 Å². The molecule has 6 nitrogen and oxygen atoms in total. The van der Waals surface area contributed by atoms with Gasteiger partial charge in [-0.05, 0) is 90.9 Å². The van der Waals surface area contributed by atoms with E-state index >= 15 is 0 Å². The quantitative estimate of drug-likeness (QED) is 0.135. The van der Waals surface area contributed by atoms with Crippen LogP contribution in [0.1, 0.15) is 105 Å². The molecule has 0 aliphatic rings. The first-order valence-corrected chi connectivity index (χ1v) is 21.0. The van der Waals surface area contributed by atoms with Gasteiger partial charge >= 0.3 is 0 Å². The summed E-state index contributed by atoms with van der Waals surface area (Å²) in [6.07, 6.45) is 7.42. The maximum atomic E-state index is 12.3. The highest BCUT2D eigenvalue weighted by Gasteiger charge is 2.28. The fourth-order valence-corrected chi connectivity index (χ4v) is 8.03. The van der Waals surface area contributed by atoms with Crippen molar-refractivity contribution in [1.82, 2.24) is 14.1 Å². The van der Waals surface area contributed by atoms with Crippen LogP contribution in [0.2, 0.25) is 0 Å². The Morgan fingerprint density at radius 2 is 1.23 bits per heavy atom. The van der Waals surface area contributed by atoms with E-state index in [1.54, 1.807) is 4.73 Å². The van der Waals surface area contributed by atoms with E-state index in [9.17, 15) is 5.11 Å². The van der Waals surface area contributed by atoms with Gasteiger partial charge in [0.05, 0.1) is 28.6 Å². The Morgan fingerprint density at radius 3 is 1.92 bits per heavy atom. The van der Waals surface area contributed by atoms with Crippen LogP contribution in [0.3, 0.4) is 0 Å². The molecule has 0 saturated heterocycles. The Balaban J connectivity index is 1.36. The van der Waals surface area contributed by atoms with Crippen molar-refractivity contribution in [2.45, 2.75) is 105 Å². The zero-order chi connectivity index (χ0) is 42.9. The largest absolute Gasteiger partial charge is 0.513 e. The second kappa shape index (κ2) is 14.5. The van der Waals surface area contributed by atoms with E-state index in [1.807, 2.05) is 29.1 Å². The molecule has 6 heteroatoms. The van der Waals surface area contributed by atoms with Gasteiger partial charge in [0.1, 0.15) is 11.6 Å². The molecule has 0 spiro atoms. The Bertz CT molecular complexity index is 2890. The van der Waals surface area contributed by atoms with Gasteiger partial charge in [-0.15, -0.1) is 4.73 Å². The second-order valence-electron chi connectivity index (χ2n) is 20.3. The summed E-state index contributed by atoms with van der Waals surface area (Å²) in [6.45, 7) is 26.5. The van der Waals surface area contributed by atoms with Crippen LogP contribution >= 0.6 is 0 Å². The summed E-state index contributed by atoms with van der Waals surface area (Å²) in [5, 5.41) is 14.5. The van der Waals surface area contributed by atoms with E-state index in [-0.39, 0.29) is 27.4 Å². The van der Waals surface area contributed by atoms with Crippen molar-refractivity contribution in [3.05, 3.63) is 156 Å². The number of fused-ring (bicyclic) bond motifs is 3. The zero-order valence-corrected chi connectivity index (χ0v) is 37.3. The number of pyridine rings is 1. The third-order valence-electron chi connectivity index (χ3n) is 11.6. The SMILES string of the molecule is CC(C)(C)c1ccnc(-n2c3ccccc3c3ccc(O[n+]4[c-]n(-c5cc(C(C)(C)C)cc(C(C)(C)C)c5O)c(-c5ccc(C(C)(C)C)cc5-c5ccccc5)c4)cc32)c1. The number of imidazole rings is 1. The number of para-hydroxylation sites is 1. The third-order valence-corrected chi connectivity index (χ3v) is 11.6. The van der Waals surface area contributed by atoms with Crippen LogP contribution in [0.5, 0.6) is 11.5 Å². The van der Waals surface area contributed by atoms with Crippen molar-refractivity contribution in [1.29, 1.82) is 0 Å². The molecule has 60 heavy (non-hydrogen) atoms. The highest BCUT2D eigenvalue weighted by Crippen LogP contribution is 2.43. The number of phenols is 1. The molecule has 0 radical (unpaired) electrons. The molecule has 3 aromatic heterocycles. The van der Waals surface area contributed by atoms with Gasteiger partial charge in [0.15, 0.2) is 5.75 Å². The lowest BCUT2D eigenvalue weighted by molar-refractivity contribution is -0.877. The van der Waals surface area contributed by atoms with Crippen LogP contribution < -0.4 is 9.57 Å². The van der Waals surface area contributed by atoms with Gasteiger partial charge in [-0.1, -0.05) is 162 Å². The van der Waals surface area contributed by atoms with E-state index < -0.39 is 0 Å². The Hall–Kier alpha value is -6.14. The highest BCUT2D eigenvalue weighted by atomic mass is 16.7. The molecule has 0 aliphatic carbocycles. The minimum Gasteiger partial charge on any atom is -0.513 e. The fraction of sp³-hybridized carbons (Fsp3) is 0.296. The average molecular weight is 795 g/mol. The molecular formula is C54H58N4O2. The topological polar surface area (TPSA) is 56.1 Å². The molecular weight excluding hydrogens is 737 g/mol. The molecule has 306 valence electrons. The molecule has 0 saturated carbocycles. The lowest BCUT2D eigenvalue weighted by atomic mass is 9.79. The van der Waals surface area contributed by atoms with E-state index in [2.05, 4.69) is 197 Å². The predicted molar refractivity (Wildman–Crippen MR) is 247 cm³/mol. The van der Waals surface area contributed by atoms with Crippen molar-refractivity contribution in [2.75, 3.05) is 0 Å². The highest BCUT2D eigenvalue weighted by molar-refractivity contribution is 6.09. The summed E-state index contributed by atoms with van der Waals surface area (Å²) in [5.41, 5.74) is 10.5. The maximum absolute atomic E-state index is 12.3. The third kappa shape index (κ3) is 7.60. The van der Waals surface area contributed by atoms with Crippen LogP contribution in [0, 0.1) is 6.33 Å².